The summed E-state index contributed by atoms with van der Waals surface area (Å²) in [6.07, 6.45) is 0. The Morgan fingerprint density at radius 2 is 1.38 bits per heavy atom. The van der Waals surface area contributed by atoms with Gasteiger partial charge in [0.1, 0.15) is 0 Å². The predicted molar refractivity (Wildman–Crippen MR) is 36.1 cm³/mol. The molecule has 0 heterocycles. The molecule has 3 nitrogen and oxygen atoms in total. The van der Waals surface area contributed by atoms with Gasteiger partial charge in [-0.25, -0.2) is 0 Å². The molecule has 0 amide bonds. The molecule has 0 radical (unpaired) electrons. The lowest BCUT2D eigenvalue weighted by Crippen LogP contribution is -1.87. The van der Waals surface area contributed by atoms with Crippen molar-refractivity contribution in [1.29, 1.82) is 0 Å². The highest BCUT2D eigenvalue weighted by molar-refractivity contribution is 5.85. The van der Waals surface area contributed by atoms with Gasteiger partial charge in [-0.3, -0.25) is 0 Å². The van der Waals surface area contributed by atoms with Gasteiger partial charge in [-0.2, -0.15) is 0 Å². The molecule has 4 heteroatoms. The molecule has 0 saturated carbocycles. The summed E-state index contributed by atoms with van der Waals surface area (Å²) in [7, 11) is 0. The van der Waals surface area contributed by atoms with Crippen molar-refractivity contribution >= 4 is 12.4 Å². The van der Waals surface area contributed by atoms with E-state index in [1.807, 2.05) is 6.92 Å². The summed E-state index contributed by atoms with van der Waals surface area (Å²) in [5, 5.41) is 15.2. The van der Waals surface area contributed by atoms with E-state index in [1.165, 1.54) is 0 Å². The van der Waals surface area contributed by atoms with Gasteiger partial charge in [-0.15, -0.1) is 12.4 Å². The second kappa shape index (κ2) is 27.2. The van der Waals surface area contributed by atoms with Gasteiger partial charge >= 0.3 is 0 Å². The first-order valence-corrected chi connectivity index (χ1v) is 2.25. The number of aliphatic hydroxyl groups excluding tert-OH is 2. The number of aliphatic hydroxyl groups is 2. The molecule has 0 rings (SSSR count). The van der Waals surface area contributed by atoms with Crippen molar-refractivity contribution in [2.45, 2.75) is 6.92 Å². The molecule has 0 bridgehead atoms. The first kappa shape index (κ1) is 15.7. The van der Waals surface area contributed by atoms with Crippen LogP contribution in [-0.4, -0.2) is 30.0 Å². The molecule has 0 spiro atoms. The summed E-state index contributed by atoms with van der Waals surface area (Å²) in [6, 6.07) is 0. The number of rotatable bonds is 1. The fraction of sp³-hybridized carbons (Fsp3) is 1.00. The van der Waals surface area contributed by atoms with E-state index in [2.05, 4.69) is 0 Å². The molecule has 0 aromatic rings. The molecule has 0 aromatic heterocycles. The molecule has 4 N–H and O–H groups in total. The number of halogens is 1. The highest BCUT2D eigenvalue weighted by Gasteiger charge is 1.58. The van der Waals surface area contributed by atoms with E-state index < -0.39 is 0 Å². The third-order valence-corrected chi connectivity index (χ3v) is 0.1000. The van der Waals surface area contributed by atoms with Crippen molar-refractivity contribution in [1.82, 2.24) is 0 Å². The monoisotopic (exact) mass is 143 g/mol. The molecule has 54 valence electrons. The molecule has 0 unspecified atom stereocenters. The van der Waals surface area contributed by atoms with Crippen molar-refractivity contribution in [3.8, 4) is 0 Å². The van der Waals surface area contributed by atoms with Crippen molar-refractivity contribution in [3.05, 3.63) is 0 Å². The highest BCUT2D eigenvalue weighted by Crippen LogP contribution is 1.39. The molecule has 0 aliphatic rings. The van der Waals surface area contributed by atoms with Gasteiger partial charge in [0.25, 0.3) is 0 Å². The molecule has 8 heavy (non-hydrogen) atoms. The van der Waals surface area contributed by atoms with Gasteiger partial charge in [0.15, 0.2) is 0 Å². The Labute approximate surface area is 55.9 Å². The summed E-state index contributed by atoms with van der Waals surface area (Å²) in [5.74, 6) is 0. The van der Waals surface area contributed by atoms with E-state index in [-0.39, 0.29) is 25.6 Å². The van der Waals surface area contributed by atoms with Crippen LogP contribution in [0, 0.1) is 0 Å². The molecule has 0 atom stereocenters. The summed E-state index contributed by atoms with van der Waals surface area (Å²) < 4.78 is 0. The van der Waals surface area contributed by atoms with Gasteiger partial charge in [0.05, 0.1) is 13.2 Å². The summed E-state index contributed by atoms with van der Waals surface area (Å²) in [4.78, 5) is 0. The van der Waals surface area contributed by atoms with E-state index in [4.69, 9.17) is 15.9 Å². The minimum Gasteiger partial charge on any atom is -0.394 e. The van der Waals surface area contributed by atoms with Crippen LogP contribution in [0.5, 0.6) is 0 Å². The largest absolute Gasteiger partial charge is 0.394 e. The van der Waals surface area contributed by atoms with Crippen LogP contribution in [0.25, 0.3) is 0 Å². The average Bonchev–Trinajstić information content (AvgIpc) is 1.69. The summed E-state index contributed by atoms with van der Waals surface area (Å²) >= 11 is 0. The number of hydrogen-bond acceptors (Lipinski definition) is 3. The Kier molecular flexibility index (Phi) is 53.4. The Hall–Kier alpha value is 0.170. The summed E-state index contributed by atoms with van der Waals surface area (Å²) in [6.45, 7) is 2.40. The number of nitrogens with two attached hydrogens (primary N) is 1. The SMILES string of the molecule is CCN.Cl.OCCO. The lowest BCUT2D eigenvalue weighted by molar-refractivity contribution is 0.186. The normalized spacial score (nSPS) is 6.00. The van der Waals surface area contributed by atoms with Crippen LogP contribution in [0.1, 0.15) is 6.92 Å². The Morgan fingerprint density at radius 3 is 1.38 bits per heavy atom. The average molecular weight is 144 g/mol. The standard InChI is InChI=1S/C2H7N.C2H6O2.ClH/c1-2-3;3-1-2-4;/h2-3H2,1H3;3-4H,1-2H2;1H. The lowest BCUT2D eigenvalue weighted by Gasteiger charge is -1.70. The van der Waals surface area contributed by atoms with Gasteiger partial charge < -0.3 is 15.9 Å². The van der Waals surface area contributed by atoms with E-state index >= 15 is 0 Å². The van der Waals surface area contributed by atoms with E-state index in [1.54, 1.807) is 0 Å². The van der Waals surface area contributed by atoms with Crippen LogP contribution in [0.15, 0.2) is 0 Å². The van der Waals surface area contributed by atoms with Gasteiger partial charge in [0, 0.05) is 0 Å². The van der Waals surface area contributed by atoms with Gasteiger partial charge in [0.2, 0.25) is 0 Å². The second-order valence-corrected chi connectivity index (χ2v) is 0.855. The van der Waals surface area contributed by atoms with Crippen molar-refractivity contribution in [2.24, 2.45) is 5.73 Å². The molecular formula is C4H14ClNO2. The van der Waals surface area contributed by atoms with Crippen LogP contribution in [0.3, 0.4) is 0 Å². The predicted octanol–water partition coefficient (Wildman–Crippen LogP) is -0.642. The molecule has 0 aliphatic carbocycles. The molecular weight excluding hydrogens is 130 g/mol. The fourth-order valence-electron chi connectivity index (χ4n) is 0. The smallest absolute Gasteiger partial charge is 0.0662 e. The van der Waals surface area contributed by atoms with Crippen molar-refractivity contribution in [3.63, 3.8) is 0 Å². The van der Waals surface area contributed by atoms with Crippen LogP contribution < -0.4 is 5.73 Å². The maximum absolute atomic E-state index is 7.62. The minimum absolute atomic E-state index is 0. The molecule has 0 aromatic carbocycles. The summed E-state index contributed by atoms with van der Waals surface area (Å²) in [5.41, 5.74) is 4.85. The minimum atomic E-state index is -0.125. The zero-order valence-electron chi connectivity index (χ0n) is 5.00. The first-order valence-electron chi connectivity index (χ1n) is 2.25. The van der Waals surface area contributed by atoms with Crippen LogP contribution in [-0.2, 0) is 0 Å². The highest BCUT2D eigenvalue weighted by atomic mass is 35.5. The quantitative estimate of drug-likeness (QED) is 0.458. The van der Waals surface area contributed by atoms with Crippen molar-refractivity contribution in [2.75, 3.05) is 19.8 Å². The second-order valence-electron chi connectivity index (χ2n) is 0.855. The van der Waals surface area contributed by atoms with E-state index in [9.17, 15) is 0 Å². The number of hydrogen-bond donors (Lipinski definition) is 3. The van der Waals surface area contributed by atoms with E-state index in [0.717, 1.165) is 6.54 Å². The third kappa shape index (κ3) is 120. The zero-order valence-corrected chi connectivity index (χ0v) is 5.82. The van der Waals surface area contributed by atoms with E-state index in [0.29, 0.717) is 0 Å². The fourth-order valence-corrected chi connectivity index (χ4v) is 0. The van der Waals surface area contributed by atoms with Gasteiger partial charge in [-0.05, 0) is 6.54 Å². The Bertz CT molecular complexity index is 21.5. The molecule has 0 fully saturated rings. The van der Waals surface area contributed by atoms with Crippen molar-refractivity contribution < 1.29 is 10.2 Å². The third-order valence-electron chi connectivity index (χ3n) is 0.1000. The maximum atomic E-state index is 7.62. The Balaban J connectivity index is -0.0000000575. The van der Waals surface area contributed by atoms with Crippen LogP contribution >= 0.6 is 12.4 Å². The van der Waals surface area contributed by atoms with Crippen LogP contribution in [0.4, 0.5) is 0 Å². The molecule has 0 saturated heterocycles. The van der Waals surface area contributed by atoms with Crippen LogP contribution in [0.2, 0.25) is 0 Å². The zero-order chi connectivity index (χ0) is 6.12. The van der Waals surface area contributed by atoms with Gasteiger partial charge in [-0.1, -0.05) is 6.92 Å². The first-order chi connectivity index (χ1) is 3.33. The molecule has 0 aliphatic heterocycles. The topological polar surface area (TPSA) is 66.5 Å². The maximum Gasteiger partial charge on any atom is 0.0662 e. The lowest BCUT2D eigenvalue weighted by atomic mass is 10.8. The Morgan fingerprint density at radius 1 is 1.25 bits per heavy atom.